The van der Waals surface area contributed by atoms with E-state index in [1.165, 1.54) is 5.69 Å². The molecule has 1 heterocycles. The third kappa shape index (κ3) is 4.62. The maximum Gasteiger partial charge on any atom is 0.142 e. The van der Waals surface area contributed by atoms with Crippen LogP contribution in [0.2, 0.25) is 0 Å². The molecule has 0 unspecified atom stereocenters. The van der Waals surface area contributed by atoms with Gasteiger partial charge in [0, 0.05) is 38.3 Å². The van der Waals surface area contributed by atoms with Crippen LogP contribution in [-0.2, 0) is 0 Å². The Hall–Kier alpha value is -1.26. The molecule has 0 saturated carbocycles. The standard InChI is InChI=1S/C18H31N3O/c1-18(2,3)21-12-10-20(11-13-21)16-8-6-7-9-17(16)22-15-14-19(4)5/h6-9H,10-15H2,1-5H3. The highest BCUT2D eigenvalue weighted by Crippen LogP contribution is 2.29. The lowest BCUT2D eigenvalue weighted by molar-refractivity contribution is 0.128. The lowest BCUT2D eigenvalue weighted by atomic mass is 10.0. The number of likely N-dealkylation sites (N-methyl/N-ethyl adjacent to an activating group) is 1. The van der Waals surface area contributed by atoms with E-state index in [1.807, 2.05) is 0 Å². The summed E-state index contributed by atoms with van der Waals surface area (Å²) < 4.78 is 6.00. The van der Waals surface area contributed by atoms with Crippen LogP contribution in [0.25, 0.3) is 0 Å². The van der Waals surface area contributed by atoms with Crippen LogP contribution in [0.3, 0.4) is 0 Å². The number of nitrogens with zero attached hydrogens (tertiary/aromatic N) is 3. The first-order chi connectivity index (χ1) is 10.4. The van der Waals surface area contributed by atoms with Crippen molar-refractivity contribution in [1.29, 1.82) is 0 Å². The van der Waals surface area contributed by atoms with Gasteiger partial charge in [-0.2, -0.15) is 0 Å². The van der Waals surface area contributed by atoms with Crippen molar-refractivity contribution in [2.24, 2.45) is 0 Å². The van der Waals surface area contributed by atoms with E-state index in [0.717, 1.165) is 45.1 Å². The molecule has 0 radical (unpaired) electrons. The van der Waals surface area contributed by atoms with E-state index in [4.69, 9.17) is 4.74 Å². The Morgan fingerprint density at radius 2 is 1.68 bits per heavy atom. The molecule has 1 aliphatic rings. The van der Waals surface area contributed by atoms with Gasteiger partial charge in [-0.1, -0.05) is 12.1 Å². The summed E-state index contributed by atoms with van der Waals surface area (Å²) in [6, 6.07) is 8.42. The summed E-state index contributed by atoms with van der Waals surface area (Å²) in [5.74, 6) is 1.01. The zero-order valence-electron chi connectivity index (χ0n) is 14.8. The Morgan fingerprint density at radius 3 is 2.27 bits per heavy atom. The largest absolute Gasteiger partial charge is 0.490 e. The second-order valence-corrected chi connectivity index (χ2v) is 7.26. The molecule has 0 aliphatic carbocycles. The van der Waals surface area contributed by atoms with E-state index < -0.39 is 0 Å². The monoisotopic (exact) mass is 305 g/mol. The van der Waals surface area contributed by atoms with Crippen molar-refractivity contribution < 1.29 is 4.74 Å². The number of hydrogen-bond acceptors (Lipinski definition) is 4. The first-order valence-electron chi connectivity index (χ1n) is 8.24. The highest BCUT2D eigenvalue weighted by Gasteiger charge is 2.26. The minimum atomic E-state index is 0.258. The molecule has 4 nitrogen and oxygen atoms in total. The third-order valence-electron chi connectivity index (χ3n) is 4.23. The van der Waals surface area contributed by atoms with Crippen molar-refractivity contribution >= 4 is 5.69 Å². The zero-order chi connectivity index (χ0) is 16.2. The van der Waals surface area contributed by atoms with Crippen molar-refractivity contribution in [3.63, 3.8) is 0 Å². The molecule has 0 bridgehead atoms. The van der Waals surface area contributed by atoms with Gasteiger partial charge in [-0.05, 0) is 47.0 Å². The fourth-order valence-corrected chi connectivity index (χ4v) is 2.80. The van der Waals surface area contributed by atoms with Crippen LogP contribution < -0.4 is 9.64 Å². The molecule has 1 aliphatic heterocycles. The van der Waals surface area contributed by atoms with Crippen LogP contribution in [0.1, 0.15) is 20.8 Å². The lowest BCUT2D eigenvalue weighted by Crippen LogP contribution is -2.53. The normalized spacial score (nSPS) is 17.1. The highest BCUT2D eigenvalue weighted by molar-refractivity contribution is 5.58. The molecule has 22 heavy (non-hydrogen) atoms. The van der Waals surface area contributed by atoms with Gasteiger partial charge in [0.2, 0.25) is 0 Å². The molecule has 124 valence electrons. The quantitative estimate of drug-likeness (QED) is 0.832. The molecule has 2 rings (SSSR count). The molecule has 0 atom stereocenters. The van der Waals surface area contributed by atoms with Crippen LogP contribution in [-0.4, -0.2) is 68.8 Å². The summed E-state index contributed by atoms with van der Waals surface area (Å²) in [7, 11) is 4.14. The van der Waals surface area contributed by atoms with Gasteiger partial charge in [0.05, 0.1) is 5.69 Å². The predicted molar refractivity (Wildman–Crippen MR) is 94.0 cm³/mol. The van der Waals surface area contributed by atoms with Gasteiger partial charge in [0.15, 0.2) is 0 Å². The Labute approximate surface area is 135 Å². The van der Waals surface area contributed by atoms with E-state index in [0.29, 0.717) is 0 Å². The number of para-hydroxylation sites is 2. The van der Waals surface area contributed by atoms with Crippen molar-refractivity contribution in [3.05, 3.63) is 24.3 Å². The highest BCUT2D eigenvalue weighted by atomic mass is 16.5. The summed E-state index contributed by atoms with van der Waals surface area (Å²) in [6.45, 7) is 12.9. The summed E-state index contributed by atoms with van der Waals surface area (Å²) in [4.78, 5) is 7.15. The smallest absolute Gasteiger partial charge is 0.142 e. The third-order valence-corrected chi connectivity index (χ3v) is 4.23. The fourth-order valence-electron chi connectivity index (χ4n) is 2.80. The van der Waals surface area contributed by atoms with Crippen LogP contribution in [0, 0.1) is 0 Å². The number of ether oxygens (including phenoxy) is 1. The number of hydrogen-bond donors (Lipinski definition) is 0. The minimum absolute atomic E-state index is 0.258. The van der Waals surface area contributed by atoms with Crippen molar-refractivity contribution in [2.45, 2.75) is 26.3 Å². The van der Waals surface area contributed by atoms with Gasteiger partial charge >= 0.3 is 0 Å². The first kappa shape index (κ1) is 17.1. The van der Waals surface area contributed by atoms with Gasteiger partial charge in [0.1, 0.15) is 12.4 Å². The zero-order valence-corrected chi connectivity index (χ0v) is 14.8. The van der Waals surface area contributed by atoms with E-state index in [1.54, 1.807) is 0 Å². The molecule has 1 saturated heterocycles. The maximum atomic E-state index is 6.00. The van der Waals surface area contributed by atoms with Crippen molar-refractivity contribution in [1.82, 2.24) is 9.80 Å². The number of piperazine rings is 1. The number of rotatable bonds is 5. The van der Waals surface area contributed by atoms with Gasteiger partial charge in [-0.15, -0.1) is 0 Å². The fraction of sp³-hybridized carbons (Fsp3) is 0.667. The van der Waals surface area contributed by atoms with Crippen LogP contribution in [0.4, 0.5) is 5.69 Å². The molecule has 0 spiro atoms. The predicted octanol–water partition coefficient (Wildman–Crippen LogP) is 2.55. The number of benzene rings is 1. The van der Waals surface area contributed by atoms with Crippen LogP contribution in [0.15, 0.2) is 24.3 Å². The Balaban J connectivity index is 1.98. The second-order valence-electron chi connectivity index (χ2n) is 7.26. The second kappa shape index (κ2) is 7.34. The summed E-state index contributed by atoms with van der Waals surface area (Å²) in [5, 5.41) is 0. The SMILES string of the molecule is CN(C)CCOc1ccccc1N1CCN(C(C)(C)C)CC1. The lowest BCUT2D eigenvalue weighted by Gasteiger charge is -2.43. The summed E-state index contributed by atoms with van der Waals surface area (Å²) >= 11 is 0. The summed E-state index contributed by atoms with van der Waals surface area (Å²) in [5.41, 5.74) is 1.49. The van der Waals surface area contributed by atoms with E-state index in [-0.39, 0.29) is 5.54 Å². The maximum absolute atomic E-state index is 6.00. The molecule has 0 aromatic heterocycles. The van der Waals surface area contributed by atoms with Crippen LogP contribution >= 0.6 is 0 Å². The Kier molecular flexibility index (Phi) is 5.70. The molecule has 4 heteroatoms. The molecule has 0 N–H and O–H groups in total. The van der Waals surface area contributed by atoms with Crippen molar-refractivity contribution in [3.8, 4) is 5.75 Å². The molecule has 1 aromatic carbocycles. The molecule has 1 fully saturated rings. The Bertz CT molecular complexity index is 460. The molecule has 1 aromatic rings. The average Bonchev–Trinajstić information content (AvgIpc) is 2.47. The van der Waals surface area contributed by atoms with Gasteiger partial charge in [-0.25, -0.2) is 0 Å². The van der Waals surface area contributed by atoms with E-state index in [9.17, 15) is 0 Å². The minimum Gasteiger partial charge on any atom is -0.490 e. The van der Waals surface area contributed by atoms with Crippen molar-refractivity contribution in [2.75, 3.05) is 58.3 Å². The Morgan fingerprint density at radius 1 is 1.05 bits per heavy atom. The molecular weight excluding hydrogens is 274 g/mol. The van der Waals surface area contributed by atoms with Gasteiger partial charge < -0.3 is 14.5 Å². The van der Waals surface area contributed by atoms with E-state index >= 15 is 0 Å². The van der Waals surface area contributed by atoms with E-state index in [2.05, 4.69) is 73.8 Å². The van der Waals surface area contributed by atoms with Gasteiger partial charge in [0.25, 0.3) is 0 Å². The average molecular weight is 305 g/mol. The first-order valence-corrected chi connectivity index (χ1v) is 8.24. The van der Waals surface area contributed by atoms with Gasteiger partial charge in [-0.3, -0.25) is 4.90 Å². The summed E-state index contributed by atoms with van der Waals surface area (Å²) in [6.07, 6.45) is 0. The number of anilines is 1. The molecular formula is C18H31N3O. The molecule has 0 amide bonds. The topological polar surface area (TPSA) is 19.0 Å². The van der Waals surface area contributed by atoms with Crippen LogP contribution in [0.5, 0.6) is 5.75 Å².